The molecule has 1 heterocycles. The Hall–Kier alpha value is -1.41. The highest BCUT2D eigenvalue weighted by atomic mass is 35.5. The van der Waals surface area contributed by atoms with Gasteiger partial charge < -0.3 is 4.74 Å². The van der Waals surface area contributed by atoms with Gasteiger partial charge in [-0.2, -0.15) is 5.26 Å². The Balaban J connectivity index is 3.43. The van der Waals surface area contributed by atoms with Crippen LogP contribution in [0.3, 0.4) is 0 Å². The molecule has 0 unspecified atom stereocenters. The van der Waals surface area contributed by atoms with Gasteiger partial charge in [0.1, 0.15) is 6.07 Å². The molecule has 0 aromatic carbocycles. The second-order valence-electron chi connectivity index (χ2n) is 2.62. The van der Waals surface area contributed by atoms with Crippen LogP contribution in [0, 0.1) is 11.3 Å². The predicted octanol–water partition coefficient (Wildman–Crippen LogP) is 2.64. The Bertz CT molecular complexity index is 404. The summed E-state index contributed by atoms with van der Waals surface area (Å²) in [6, 6.07) is 1.69. The van der Waals surface area contributed by atoms with Crippen molar-refractivity contribution in [3.05, 3.63) is 22.9 Å². The van der Waals surface area contributed by atoms with Gasteiger partial charge in [0.05, 0.1) is 24.1 Å². The van der Waals surface area contributed by atoms with E-state index in [1.54, 1.807) is 6.07 Å². The van der Waals surface area contributed by atoms with Crippen LogP contribution in [0.2, 0.25) is 0 Å². The molecular weight excluding hydrogens is 226 g/mol. The first-order chi connectivity index (χ1) is 7.15. The van der Waals surface area contributed by atoms with E-state index in [9.17, 15) is 8.78 Å². The maximum Gasteiger partial charge on any atom is 0.266 e. The first-order valence-corrected chi connectivity index (χ1v) is 4.49. The van der Waals surface area contributed by atoms with E-state index >= 15 is 0 Å². The van der Waals surface area contributed by atoms with Crippen LogP contribution in [0.5, 0.6) is 5.88 Å². The molecule has 0 fully saturated rings. The molecule has 0 atom stereocenters. The molecule has 0 bridgehead atoms. The van der Waals surface area contributed by atoms with Crippen LogP contribution < -0.4 is 4.74 Å². The number of hydrogen-bond donors (Lipinski definition) is 0. The number of methoxy groups -OCH3 is 1. The predicted molar refractivity (Wildman–Crippen MR) is 50.0 cm³/mol. The van der Waals surface area contributed by atoms with Gasteiger partial charge in [0.25, 0.3) is 6.43 Å². The Labute approximate surface area is 90.3 Å². The fourth-order valence-corrected chi connectivity index (χ4v) is 1.40. The monoisotopic (exact) mass is 232 g/mol. The lowest BCUT2D eigenvalue weighted by Gasteiger charge is -2.09. The molecule has 0 amide bonds. The molecule has 0 aliphatic heterocycles. The largest absolute Gasteiger partial charge is 0.481 e. The van der Waals surface area contributed by atoms with Gasteiger partial charge in [0, 0.05) is 11.8 Å². The number of aromatic nitrogens is 1. The van der Waals surface area contributed by atoms with E-state index in [-0.39, 0.29) is 22.9 Å². The van der Waals surface area contributed by atoms with Crippen molar-refractivity contribution >= 4 is 11.6 Å². The molecule has 0 radical (unpaired) electrons. The topological polar surface area (TPSA) is 45.9 Å². The first-order valence-electron chi connectivity index (χ1n) is 3.95. The number of pyridine rings is 1. The van der Waals surface area contributed by atoms with Crippen LogP contribution in [0.4, 0.5) is 8.78 Å². The molecule has 1 aromatic heterocycles. The molecule has 1 aromatic rings. The maximum atomic E-state index is 12.5. The molecule has 0 aliphatic carbocycles. The summed E-state index contributed by atoms with van der Waals surface area (Å²) in [5.74, 6) is 0.00514. The van der Waals surface area contributed by atoms with Crippen molar-refractivity contribution in [3.63, 3.8) is 0 Å². The van der Waals surface area contributed by atoms with E-state index < -0.39 is 12.0 Å². The third-order valence-electron chi connectivity index (χ3n) is 1.84. The van der Waals surface area contributed by atoms with Gasteiger partial charge in [-0.25, -0.2) is 13.8 Å². The van der Waals surface area contributed by atoms with Crippen molar-refractivity contribution in [2.45, 2.75) is 12.3 Å². The number of halogens is 3. The number of nitrogens with zero attached hydrogens (tertiary/aromatic N) is 2. The zero-order valence-corrected chi connectivity index (χ0v) is 8.55. The van der Waals surface area contributed by atoms with Crippen molar-refractivity contribution in [1.82, 2.24) is 4.98 Å². The summed E-state index contributed by atoms with van der Waals surface area (Å²) in [6.45, 7) is 0. The van der Waals surface area contributed by atoms with Gasteiger partial charge >= 0.3 is 0 Å². The smallest absolute Gasteiger partial charge is 0.266 e. The van der Waals surface area contributed by atoms with E-state index in [0.29, 0.717) is 0 Å². The van der Waals surface area contributed by atoms with Crippen LogP contribution in [-0.4, -0.2) is 12.1 Å². The van der Waals surface area contributed by atoms with E-state index in [2.05, 4.69) is 4.98 Å². The lowest BCUT2D eigenvalue weighted by atomic mass is 10.1. The summed E-state index contributed by atoms with van der Waals surface area (Å²) in [7, 11) is 1.33. The second kappa shape index (κ2) is 4.89. The summed E-state index contributed by atoms with van der Waals surface area (Å²) in [5.41, 5.74) is -0.389. The molecule has 80 valence electrons. The molecule has 0 saturated carbocycles. The van der Waals surface area contributed by atoms with Gasteiger partial charge in [-0.15, -0.1) is 11.6 Å². The lowest BCUT2D eigenvalue weighted by molar-refractivity contribution is 0.150. The van der Waals surface area contributed by atoms with Crippen LogP contribution in [0.25, 0.3) is 0 Å². The highest BCUT2D eigenvalue weighted by Gasteiger charge is 2.20. The minimum Gasteiger partial charge on any atom is -0.481 e. The number of alkyl halides is 3. The fraction of sp³-hybridized carbons (Fsp3) is 0.333. The minimum absolute atomic E-state index is 0.0976. The van der Waals surface area contributed by atoms with E-state index in [1.165, 1.54) is 7.11 Å². The minimum atomic E-state index is -2.75. The lowest BCUT2D eigenvalue weighted by Crippen LogP contribution is -2.01. The van der Waals surface area contributed by atoms with Crippen molar-refractivity contribution in [3.8, 4) is 11.9 Å². The first kappa shape index (κ1) is 11.7. The summed E-state index contributed by atoms with van der Waals surface area (Å²) < 4.78 is 29.8. The Morgan fingerprint density at radius 3 is 2.73 bits per heavy atom. The summed E-state index contributed by atoms with van der Waals surface area (Å²) in [4.78, 5) is 3.66. The van der Waals surface area contributed by atoms with Crippen LogP contribution in [-0.2, 0) is 5.88 Å². The molecule has 0 spiro atoms. The Morgan fingerprint density at radius 2 is 2.33 bits per heavy atom. The molecule has 0 saturated heterocycles. The van der Waals surface area contributed by atoms with Gasteiger partial charge in [-0.05, 0) is 0 Å². The number of ether oxygens (including phenoxy) is 1. The van der Waals surface area contributed by atoms with Crippen LogP contribution >= 0.6 is 11.6 Å². The third-order valence-corrected chi connectivity index (χ3v) is 2.11. The maximum absolute atomic E-state index is 12.5. The van der Waals surface area contributed by atoms with Crippen molar-refractivity contribution in [1.29, 1.82) is 5.26 Å². The standard InChI is InChI=1S/C9H7ClF2N2O/c1-15-9-5(2-10)6(3-13)7(4-14-9)8(11)12/h4,8H,2H2,1H3. The highest BCUT2D eigenvalue weighted by molar-refractivity contribution is 6.17. The van der Waals surface area contributed by atoms with Gasteiger partial charge in [0.2, 0.25) is 5.88 Å². The van der Waals surface area contributed by atoms with Crippen molar-refractivity contribution in [2.75, 3.05) is 7.11 Å². The third kappa shape index (κ3) is 2.16. The average molecular weight is 233 g/mol. The fourth-order valence-electron chi connectivity index (χ4n) is 1.15. The number of nitriles is 1. The van der Waals surface area contributed by atoms with E-state index in [1.807, 2.05) is 0 Å². The van der Waals surface area contributed by atoms with Crippen LogP contribution in [0.1, 0.15) is 23.1 Å². The summed E-state index contributed by atoms with van der Waals surface area (Å²) >= 11 is 5.56. The molecule has 0 aliphatic rings. The number of hydrogen-bond acceptors (Lipinski definition) is 3. The molecule has 0 N–H and O–H groups in total. The SMILES string of the molecule is COc1ncc(C(F)F)c(C#N)c1CCl. The van der Waals surface area contributed by atoms with E-state index in [4.69, 9.17) is 21.6 Å². The molecule has 6 heteroatoms. The van der Waals surface area contributed by atoms with Gasteiger partial charge in [-0.1, -0.05) is 0 Å². The average Bonchev–Trinajstić information content (AvgIpc) is 2.26. The zero-order valence-electron chi connectivity index (χ0n) is 7.80. The summed E-state index contributed by atoms with van der Waals surface area (Å²) in [5, 5.41) is 8.77. The number of rotatable bonds is 3. The molecule has 1 rings (SSSR count). The highest BCUT2D eigenvalue weighted by Crippen LogP contribution is 2.29. The van der Waals surface area contributed by atoms with Gasteiger partial charge in [-0.3, -0.25) is 0 Å². The molecular formula is C9H7ClF2N2O. The van der Waals surface area contributed by atoms with Crippen molar-refractivity contribution < 1.29 is 13.5 Å². The van der Waals surface area contributed by atoms with Gasteiger partial charge in [0.15, 0.2) is 0 Å². The van der Waals surface area contributed by atoms with E-state index in [0.717, 1.165) is 6.20 Å². The molecule has 15 heavy (non-hydrogen) atoms. The Morgan fingerprint density at radius 1 is 1.67 bits per heavy atom. The normalized spacial score (nSPS) is 10.1. The summed E-state index contributed by atoms with van der Waals surface area (Å²) in [6.07, 6.45) is -1.82. The molecule has 3 nitrogen and oxygen atoms in total. The second-order valence-corrected chi connectivity index (χ2v) is 2.89. The quantitative estimate of drug-likeness (QED) is 0.753. The van der Waals surface area contributed by atoms with Crippen LogP contribution in [0.15, 0.2) is 6.20 Å². The Kier molecular flexibility index (Phi) is 3.81. The van der Waals surface area contributed by atoms with Crippen molar-refractivity contribution in [2.24, 2.45) is 0 Å². The zero-order chi connectivity index (χ0) is 11.4.